The molecule has 0 aliphatic heterocycles. The van der Waals surface area contributed by atoms with Crippen LogP contribution < -0.4 is 5.32 Å². The molecule has 1 N–H and O–H groups in total. The number of aryl methyl sites for hydroxylation is 1. The monoisotopic (exact) mass is 369 g/mol. The van der Waals surface area contributed by atoms with E-state index in [-0.39, 0.29) is 0 Å². The Labute approximate surface area is 145 Å². The van der Waals surface area contributed by atoms with Gasteiger partial charge in [0.2, 0.25) is 0 Å². The van der Waals surface area contributed by atoms with Gasteiger partial charge in [-0.15, -0.1) is 0 Å². The van der Waals surface area contributed by atoms with Crippen LogP contribution in [0.1, 0.15) is 29.9 Å². The van der Waals surface area contributed by atoms with Crippen molar-refractivity contribution in [3.63, 3.8) is 0 Å². The molecule has 0 spiro atoms. The van der Waals surface area contributed by atoms with E-state index in [0.717, 1.165) is 21.6 Å². The summed E-state index contributed by atoms with van der Waals surface area (Å²) in [5.41, 5.74) is 3.62. The molecule has 0 radical (unpaired) electrons. The highest BCUT2D eigenvalue weighted by molar-refractivity contribution is 9.10. The van der Waals surface area contributed by atoms with Crippen molar-refractivity contribution < 1.29 is 4.42 Å². The Hall–Kier alpha value is -1.84. The average Bonchev–Trinajstić information content (AvgIpc) is 3.02. The third kappa shape index (κ3) is 3.92. The molecular formula is C20H20BrNO. The molecule has 1 heterocycles. The minimum atomic E-state index is 0.291. The molecule has 0 aliphatic rings. The first-order chi connectivity index (χ1) is 11.1. The molecule has 0 bridgehead atoms. The summed E-state index contributed by atoms with van der Waals surface area (Å²) in [6.07, 6.45) is 0. The maximum atomic E-state index is 6.00. The zero-order valence-electron chi connectivity index (χ0n) is 13.3. The maximum Gasteiger partial charge on any atom is 0.134 e. The van der Waals surface area contributed by atoms with E-state index in [2.05, 4.69) is 71.5 Å². The van der Waals surface area contributed by atoms with Gasteiger partial charge in [-0.05, 0) is 55.3 Å². The van der Waals surface area contributed by atoms with Crippen LogP contribution in [0.2, 0.25) is 0 Å². The van der Waals surface area contributed by atoms with E-state index in [1.165, 1.54) is 11.1 Å². The number of furan rings is 1. The molecule has 1 aromatic heterocycles. The zero-order valence-corrected chi connectivity index (χ0v) is 14.9. The van der Waals surface area contributed by atoms with Crippen LogP contribution in [0.5, 0.6) is 0 Å². The molecule has 0 unspecified atom stereocenters. The third-order valence-corrected chi connectivity index (χ3v) is 4.49. The van der Waals surface area contributed by atoms with Crippen LogP contribution in [-0.2, 0) is 6.54 Å². The molecule has 0 aliphatic carbocycles. The van der Waals surface area contributed by atoms with Crippen molar-refractivity contribution in [2.45, 2.75) is 26.4 Å². The molecule has 118 valence electrons. The lowest BCUT2D eigenvalue weighted by Gasteiger charge is -2.13. The van der Waals surface area contributed by atoms with Crippen LogP contribution in [0, 0.1) is 6.92 Å². The highest BCUT2D eigenvalue weighted by atomic mass is 79.9. The van der Waals surface area contributed by atoms with Gasteiger partial charge in [0.05, 0.1) is 6.54 Å². The highest BCUT2D eigenvalue weighted by Gasteiger charge is 2.09. The van der Waals surface area contributed by atoms with Crippen LogP contribution in [0.15, 0.2) is 69.6 Å². The van der Waals surface area contributed by atoms with Crippen LogP contribution in [0.25, 0.3) is 11.3 Å². The first kappa shape index (κ1) is 16.0. The Bertz CT molecular complexity index is 779. The molecule has 23 heavy (non-hydrogen) atoms. The van der Waals surface area contributed by atoms with E-state index in [1.807, 2.05) is 24.3 Å². The molecule has 0 saturated carbocycles. The first-order valence-corrected chi connectivity index (χ1v) is 8.56. The van der Waals surface area contributed by atoms with Crippen molar-refractivity contribution in [1.82, 2.24) is 5.32 Å². The van der Waals surface area contributed by atoms with Gasteiger partial charge in [0.15, 0.2) is 0 Å². The predicted molar refractivity (Wildman–Crippen MR) is 98.3 cm³/mol. The number of nitrogens with one attached hydrogen (secondary N) is 1. The van der Waals surface area contributed by atoms with E-state index in [4.69, 9.17) is 4.42 Å². The second kappa shape index (κ2) is 7.16. The SMILES string of the molecule is Cc1cc(Br)ccc1-c1ccc(CN[C@H](C)c2ccccc2)o1. The van der Waals surface area contributed by atoms with E-state index in [9.17, 15) is 0 Å². The van der Waals surface area contributed by atoms with Crippen molar-refractivity contribution in [2.75, 3.05) is 0 Å². The molecule has 0 fully saturated rings. The Morgan fingerprint density at radius 1 is 1.04 bits per heavy atom. The lowest BCUT2D eigenvalue weighted by atomic mass is 10.1. The summed E-state index contributed by atoms with van der Waals surface area (Å²) in [6, 6.07) is 21.0. The standard InChI is InChI=1S/C20H20BrNO/c1-14-12-17(21)8-10-19(14)20-11-9-18(23-20)13-22-15(2)16-6-4-3-5-7-16/h3-12,15,22H,13H2,1-2H3/t15-/m1/s1. The molecule has 3 aromatic rings. The van der Waals surface area contributed by atoms with Gasteiger partial charge in [-0.3, -0.25) is 0 Å². The summed E-state index contributed by atoms with van der Waals surface area (Å²) in [5.74, 6) is 1.87. The third-order valence-electron chi connectivity index (χ3n) is 4.00. The fourth-order valence-corrected chi connectivity index (χ4v) is 3.11. The number of hydrogen-bond acceptors (Lipinski definition) is 2. The first-order valence-electron chi connectivity index (χ1n) is 7.77. The number of rotatable bonds is 5. The molecule has 3 heteroatoms. The molecule has 3 rings (SSSR count). The van der Waals surface area contributed by atoms with Crippen molar-refractivity contribution in [3.05, 3.63) is 82.0 Å². The quantitative estimate of drug-likeness (QED) is 0.608. The Balaban J connectivity index is 1.68. The van der Waals surface area contributed by atoms with Gasteiger partial charge in [-0.25, -0.2) is 0 Å². The fourth-order valence-electron chi connectivity index (χ4n) is 2.63. The minimum Gasteiger partial charge on any atom is -0.460 e. The minimum absolute atomic E-state index is 0.291. The Kier molecular flexibility index (Phi) is 4.99. The van der Waals surface area contributed by atoms with Crippen LogP contribution in [0.3, 0.4) is 0 Å². The van der Waals surface area contributed by atoms with E-state index in [1.54, 1.807) is 0 Å². The van der Waals surface area contributed by atoms with E-state index < -0.39 is 0 Å². The topological polar surface area (TPSA) is 25.2 Å². The van der Waals surface area contributed by atoms with Gasteiger partial charge in [0.25, 0.3) is 0 Å². The fraction of sp³-hybridized carbons (Fsp3) is 0.200. The number of hydrogen-bond donors (Lipinski definition) is 1. The summed E-state index contributed by atoms with van der Waals surface area (Å²) >= 11 is 3.50. The lowest BCUT2D eigenvalue weighted by molar-refractivity contribution is 0.468. The largest absolute Gasteiger partial charge is 0.460 e. The van der Waals surface area contributed by atoms with Crippen LogP contribution in [0.4, 0.5) is 0 Å². The molecule has 2 aromatic carbocycles. The molecule has 0 saturated heterocycles. The van der Waals surface area contributed by atoms with Gasteiger partial charge in [0.1, 0.15) is 11.5 Å². The van der Waals surface area contributed by atoms with Gasteiger partial charge in [-0.1, -0.05) is 46.3 Å². The summed E-state index contributed by atoms with van der Waals surface area (Å²) in [5, 5.41) is 3.50. The normalized spacial score (nSPS) is 12.3. The lowest BCUT2D eigenvalue weighted by Crippen LogP contribution is -2.17. The van der Waals surface area contributed by atoms with E-state index >= 15 is 0 Å². The van der Waals surface area contributed by atoms with Crippen molar-refractivity contribution in [3.8, 4) is 11.3 Å². The molecular weight excluding hydrogens is 350 g/mol. The summed E-state index contributed by atoms with van der Waals surface area (Å²) in [7, 11) is 0. The van der Waals surface area contributed by atoms with Crippen molar-refractivity contribution in [1.29, 1.82) is 0 Å². The second-order valence-electron chi connectivity index (χ2n) is 5.74. The maximum absolute atomic E-state index is 6.00. The summed E-state index contributed by atoms with van der Waals surface area (Å²) < 4.78 is 7.09. The smallest absolute Gasteiger partial charge is 0.134 e. The van der Waals surface area contributed by atoms with Gasteiger partial charge in [-0.2, -0.15) is 0 Å². The molecule has 0 amide bonds. The Morgan fingerprint density at radius 3 is 2.57 bits per heavy atom. The van der Waals surface area contributed by atoms with Gasteiger partial charge >= 0.3 is 0 Å². The van der Waals surface area contributed by atoms with Crippen molar-refractivity contribution in [2.24, 2.45) is 0 Å². The second-order valence-corrected chi connectivity index (χ2v) is 6.65. The van der Waals surface area contributed by atoms with Gasteiger partial charge in [0, 0.05) is 16.1 Å². The highest BCUT2D eigenvalue weighted by Crippen LogP contribution is 2.28. The molecule has 2 nitrogen and oxygen atoms in total. The summed E-state index contributed by atoms with van der Waals surface area (Å²) in [4.78, 5) is 0. The Morgan fingerprint density at radius 2 is 1.83 bits per heavy atom. The zero-order chi connectivity index (χ0) is 16.2. The molecule has 1 atom stereocenters. The summed E-state index contributed by atoms with van der Waals surface area (Å²) in [6.45, 7) is 4.97. The van der Waals surface area contributed by atoms with Crippen LogP contribution in [-0.4, -0.2) is 0 Å². The predicted octanol–water partition coefficient (Wildman–Crippen LogP) is 5.87. The van der Waals surface area contributed by atoms with E-state index in [0.29, 0.717) is 12.6 Å². The number of halogens is 1. The van der Waals surface area contributed by atoms with Gasteiger partial charge < -0.3 is 9.73 Å². The number of benzene rings is 2. The van der Waals surface area contributed by atoms with Crippen molar-refractivity contribution >= 4 is 15.9 Å². The average molecular weight is 370 g/mol. The van der Waals surface area contributed by atoms with Crippen LogP contribution >= 0.6 is 15.9 Å².